The summed E-state index contributed by atoms with van der Waals surface area (Å²) in [5.74, 6) is 1.22. The van der Waals surface area contributed by atoms with Crippen molar-refractivity contribution in [3.05, 3.63) is 35.7 Å². The van der Waals surface area contributed by atoms with E-state index < -0.39 is 0 Å². The third-order valence-corrected chi connectivity index (χ3v) is 3.64. The fraction of sp³-hybridized carbons (Fsp3) is 0.467. The molecule has 1 N–H and O–H groups in total. The van der Waals surface area contributed by atoms with Crippen molar-refractivity contribution < 1.29 is 9.26 Å². The first-order valence-corrected chi connectivity index (χ1v) is 7.06. The summed E-state index contributed by atoms with van der Waals surface area (Å²) in [6.07, 6.45) is 1.07. The Labute approximate surface area is 130 Å². The average molecular weight is 310 g/mol. The molecule has 21 heavy (non-hydrogen) atoms. The fourth-order valence-electron chi connectivity index (χ4n) is 2.38. The minimum Gasteiger partial charge on any atom is -0.375 e. The normalized spacial score (nSPS) is 21.8. The molecule has 114 valence electrons. The number of nitrogens with zero attached hydrogens (tertiary/aromatic N) is 2. The van der Waals surface area contributed by atoms with E-state index in [0.29, 0.717) is 11.7 Å². The van der Waals surface area contributed by atoms with Gasteiger partial charge in [0.2, 0.25) is 11.7 Å². The maximum Gasteiger partial charge on any atom is 0.246 e. The standard InChI is InChI=1S/C15H19N3O2.ClH/c1-3-11-4-6-12(7-5-11)14-17-15(20-18-14)13-10(2)19-9-8-16-13;/h4-7,10,13,16H,3,8-9H2,1-2H3;1H/t10-,13+;/m1./s1. The van der Waals surface area contributed by atoms with E-state index in [2.05, 4.69) is 34.5 Å². The van der Waals surface area contributed by atoms with E-state index >= 15 is 0 Å². The molecule has 2 atom stereocenters. The maximum absolute atomic E-state index is 5.60. The van der Waals surface area contributed by atoms with E-state index in [1.807, 2.05) is 19.1 Å². The van der Waals surface area contributed by atoms with Crippen LogP contribution in [0.2, 0.25) is 0 Å². The summed E-state index contributed by atoms with van der Waals surface area (Å²) >= 11 is 0. The van der Waals surface area contributed by atoms with Gasteiger partial charge in [-0.25, -0.2) is 0 Å². The zero-order chi connectivity index (χ0) is 13.9. The van der Waals surface area contributed by atoms with E-state index in [0.717, 1.165) is 25.1 Å². The number of morpholine rings is 1. The molecule has 1 aliphatic rings. The second-order valence-corrected chi connectivity index (χ2v) is 5.01. The molecule has 1 fully saturated rings. The van der Waals surface area contributed by atoms with Gasteiger partial charge in [0.1, 0.15) is 6.04 Å². The van der Waals surface area contributed by atoms with Crippen molar-refractivity contribution in [3.8, 4) is 11.4 Å². The van der Waals surface area contributed by atoms with Crippen LogP contribution in [0.1, 0.15) is 31.3 Å². The molecular formula is C15H20ClN3O2. The molecule has 2 aromatic rings. The van der Waals surface area contributed by atoms with Gasteiger partial charge in [0.05, 0.1) is 12.7 Å². The predicted molar refractivity (Wildman–Crippen MR) is 82.5 cm³/mol. The number of rotatable bonds is 3. The van der Waals surface area contributed by atoms with Gasteiger partial charge in [-0.3, -0.25) is 0 Å². The Morgan fingerprint density at radius 2 is 2.05 bits per heavy atom. The number of benzene rings is 1. The number of ether oxygens (including phenoxy) is 1. The SMILES string of the molecule is CCc1ccc(-c2noc([C@H]3NCCO[C@@H]3C)n2)cc1.Cl. The van der Waals surface area contributed by atoms with Crippen LogP contribution in [0.4, 0.5) is 0 Å². The zero-order valence-corrected chi connectivity index (χ0v) is 13.0. The molecule has 0 radical (unpaired) electrons. The quantitative estimate of drug-likeness (QED) is 0.944. The van der Waals surface area contributed by atoms with Gasteiger partial charge in [-0.2, -0.15) is 4.98 Å². The van der Waals surface area contributed by atoms with Crippen molar-refractivity contribution in [1.29, 1.82) is 0 Å². The topological polar surface area (TPSA) is 60.2 Å². The van der Waals surface area contributed by atoms with Gasteiger partial charge in [-0.1, -0.05) is 36.3 Å². The number of halogens is 1. The second-order valence-electron chi connectivity index (χ2n) is 5.01. The molecule has 0 aliphatic carbocycles. The van der Waals surface area contributed by atoms with Crippen LogP contribution in [0.3, 0.4) is 0 Å². The Morgan fingerprint density at radius 1 is 1.29 bits per heavy atom. The summed E-state index contributed by atoms with van der Waals surface area (Å²) in [5, 5.41) is 7.42. The highest BCUT2D eigenvalue weighted by Crippen LogP contribution is 2.23. The van der Waals surface area contributed by atoms with Crippen LogP contribution < -0.4 is 5.32 Å². The molecule has 3 rings (SSSR count). The third-order valence-electron chi connectivity index (χ3n) is 3.64. The number of aromatic nitrogens is 2. The third kappa shape index (κ3) is 3.43. The molecule has 0 saturated carbocycles. The van der Waals surface area contributed by atoms with Gasteiger partial charge >= 0.3 is 0 Å². The molecular weight excluding hydrogens is 290 g/mol. The molecule has 1 aromatic heterocycles. The van der Waals surface area contributed by atoms with Gasteiger partial charge in [0.15, 0.2) is 0 Å². The average Bonchev–Trinajstić information content (AvgIpc) is 2.97. The Kier molecular flexibility index (Phi) is 5.33. The lowest BCUT2D eigenvalue weighted by Crippen LogP contribution is -2.40. The first kappa shape index (κ1) is 15.9. The summed E-state index contributed by atoms with van der Waals surface area (Å²) in [6.45, 7) is 5.67. The van der Waals surface area contributed by atoms with Crippen molar-refractivity contribution in [2.24, 2.45) is 0 Å². The van der Waals surface area contributed by atoms with E-state index in [-0.39, 0.29) is 24.6 Å². The van der Waals surface area contributed by atoms with Crippen LogP contribution in [-0.2, 0) is 11.2 Å². The predicted octanol–water partition coefficient (Wildman–Crippen LogP) is 2.77. The van der Waals surface area contributed by atoms with E-state index in [4.69, 9.17) is 9.26 Å². The molecule has 1 saturated heterocycles. The molecule has 1 aromatic carbocycles. The Hall–Kier alpha value is -1.43. The molecule has 0 amide bonds. The van der Waals surface area contributed by atoms with E-state index in [1.165, 1.54) is 5.56 Å². The highest BCUT2D eigenvalue weighted by molar-refractivity contribution is 5.85. The zero-order valence-electron chi connectivity index (χ0n) is 12.2. The first-order chi connectivity index (χ1) is 9.78. The maximum atomic E-state index is 5.60. The van der Waals surface area contributed by atoms with Gasteiger partial charge < -0.3 is 14.6 Å². The molecule has 2 heterocycles. The summed E-state index contributed by atoms with van der Waals surface area (Å²) in [4.78, 5) is 4.49. The molecule has 0 unspecified atom stereocenters. The van der Waals surface area contributed by atoms with Crippen LogP contribution in [0.25, 0.3) is 11.4 Å². The van der Waals surface area contributed by atoms with Crippen molar-refractivity contribution in [1.82, 2.24) is 15.5 Å². The molecule has 1 aliphatic heterocycles. The highest BCUT2D eigenvalue weighted by atomic mass is 35.5. The number of aryl methyl sites for hydroxylation is 1. The Morgan fingerprint density at radius 3 is 2.71 bits per heavy atom. The molecule has 5 nitrogen and oxygen atoms in total. The van der Waals surface area contributed by atoms with Gasteiger partial charge in [0, 0.05) is 12.1 Å². The van der Waals surface area contributed by atoms with Gasteiger partial charge in [0.25, 0.3) is 0 Å². The van der Waals surface area contributed by atoms with E-state index in [1.54, 1.807) is 0 Å². The van der Waals surface area contributed by atoms with Crippen LogP contribution in [-0.4, -0.2) is 29.4 Å². The Bertz CT molecular complexity index is 571. The number of hydrogen-bond acceptors (Lipinski definition) is 5. The minimum absolute atomic E-state index is 0. The Balaban J connectivity index is 0.00000161. The van der Waals surface area contributed by atoms with Gasteiger partial charge in [-0.05, 0) is 18.9 Å². The van der Waals surface area contributed by atoms with Crippen molar-refractivity contribution >= 4 is 12.4 Å². The number of hydrogen-bond donors (Lipinski definition) is 1. The molecule has 0 bridgehead atoms. The fourth-order valence-corrected chi connectivity index (χ4v) is 2.38. The van der Waals surface area contributed by atoms with Crippen LogP contribution in [0, 0.1) is 0 Å². The lowest BCUT2D eigenvalue weighted by molar-refractivity contribution is -0.00136. The lowest BCUT2D eigenvalue weighted by atomic mass is 10.1. The van der Waals surface area contributed by atoms with Crippen LogP contribution in [0.5, 0.6) is 0 Å². The van der Waals surface area contributed by atoms with Gasteiger partial charge in [-0.15, -0.1) is 12.4 Å². The largest absolute Gasteiger partial charge is 0.375 e. The van der Waals surface area contributed by atoms with Crippen molar-refractivity contribution in [2.75, 3.05) is 13.2 Å². The lowest BCUT2D eigenvalue weighted by Gasteiger charge is -2.27. The minimum atomic E-state index is -0.0279. The summed E-state index contributed by atoms with van der Waals surface area (Å²) in [7, 11) is 0. The first-order valence-electron chi connectivity index (χ1n) is 7.06. The van der Waals surface area contributed by atoms with E-state index in [9.17, 15) is 0 Å². The molecule has 6 heteroatoms. The van der Waals surface area contributed by atoms with Crippen LogP contribution in [0.15, 0.2) is 28.8 Å². The van der Waals surface area contributed by atoms with Crippen molar-refractivity contribution in [3.63, 3.8) is 0 Å². The summed E-state index contributed by atoms with van der Waals surface area (Å²) < 4.78 is 11.0. The summed E-state index contributed by atoms with van der Waals surface area (Å²) in [5.41, 5.74) is 2.27. The second kappa shape index (κ2) is 7.02. The monoisotopic (exact) mass is 309 g/mol. The van der Waals surface area contributed by atoms with Crippen LogP contribution >= 0.6 is 12.4 Å². The van der Waals surface area contributed by atoms with Crippen molar-refractivity contribution in [2.45, 2.75) is 32.4 Å². The molecule has 0 spiro atoms. The smallest absolute Gasteiger partial charge is 0.246 e. The number of nitrogens with one attached hydrogen (secondary N) is 1. The summed E-state index contributed by atoms with van der Waals surface area (Å²) in [6, 6.07) is 8.22. The highest BCUT2D eigenvalue weighted by Gasteiger charge is 2.28.